The molecule has 0 unspecified atom stereocenters. The molecule has 3 aromatic rings. The van der Waals surface area contributed by atoms with E-state index in [9.17, 15) is 0 Å². The SMILES string of the molecule is CCOc1ccc(/C=C(\Cl)c2nc3ccccc3o2)cc1OC. The summed E-state index contributed by atoms with van der Waals surface area (Å²) in [5.41, 5.74) is 2.36. The van der Waals surface area contributed by atoms with Gasteiger partial charge in [-0.15, -0.1) is 0 Å². The number of methoxy groups -OCH3 is 1. The molecule has 5 heteroatoms. The molecule has 2 aromatic carbocycles. The van der Waals surface area contributed by atoms with Crippen LogP contribution in [-0.4, -0.2) is 18.7 Å². The van der Waals surface area contributed by atoms with Crippen LogP contribution in [0.2, 0.25) is 0 Å². The van der Waals surface area contributed by atoms with E-state index >= 15 is 0 Å². The topological polar surface area (TPSA) is 44.5 Å². The number of rotatable bonds is 5. The third kappa shape index (κ3) is 3.32. The summed E-state index contributed by atoms with van der Waals surface area (Å²) in [7, 11) is 1.60. The molecule has 1 heterocycles. The summed E-state index contributed by atoms with van der Waals surface area (Å²) in [6.07, 6.45) is 1.78. The first-order valence-electron chi connectivity index (χ1n) is 7.25. The Hall–Kier alpha value is -2.46. The molecule has 0 spiro atoms. The minimum atomic E-state index is 0.390. The Morgan fingerprint density at radius 2 is 2.04 bits per heavy atom. The lowest BCUT2D eigenvalue weighted by Gasteiger charge is -2.09. The Bertz CT molecular complexity index is 821. The van der Waals surface area contributed by atoms with Gasteiger partial charge in [-0.2, -0.15) is 0 Å². The van der Waals surface area contributed by atoms with E-state index in [4.69, 9.17) is 25.5 Å². The van der Waals surface area contributed by atoms with Crippen molar-refractivity contribution in [3.8, 4) is 11.5 Å². The van der Waals surface area contributed by atoms with Crippen LogP contribution in [0.5, 0.6) is 11.5 Å². The molecule has 0 N–H and O–H groups in total. The van der Waals surface area contributed by atoms with Crippen molar-refractivity contribution < 1.29 is 13.9 Å². The number of benzene rings is 2. The highest BCUT2D eigenvalue weighted by Crippen LogP contribution is 2.31. The highest BCUT2D eigenvalue weighted by Gasteiger charge is 2.10. The van der Waals surface area contributed by atoms with Crippen LogP contribution >= 0.6 is 11.6 Å². The zero-order valence-corrected chi connectivity index (χ0v) is 13.6. The standard InChI is InChI=1S/C18H16ClNO3/c1-3-22-16-9-8-12(11-17(16)21-2)10-13(19)18-20-14-6-4-5-7-15(14)23-18/h4-11H,3H2,1-2H3/b13-10-. The second-order valence-corrected chi connectivity index (χ2v) is 5.23. The minimum absolute atomic E-state index is 0.390. The first kappa shape index (κ1) is 15.4. The predicted molar refractivity (Wildman–Crippen MR) is 91.9 cm³/mol. The number of aromatic nitrogens is 1. The van der Waals surface area contributed by atoms with Crippen LogP contribution in [0, 0.1) is 0 Å². The summed E-state index contributed by atoms with van der Waals surface area (Å²) in [6, 6.07) is 13.1. The van der Waals surface area contributed by atoms with E-state index in [1.165, 1.54) is 0 Å². The molecular weight excluding hydrogens is 314 g/mol. The maximum atomic E-state index is 6.34. The van der Waals surface area contributed by atoms with Gasteiger partial charge in [-0.05, 0) is 42.8 Å². The van der Waals surface area contributed by atoms with Crippen LogP contribution in [0.3, 0.4) is 0 Å². The molecule has 0 aliphatic carbocycles. The van der Waals surface area contributed by atoms with E-state index < -0.39 is 0 Å². The fraction of sp³-hybridized carbons (Fsp3) is 0.167. The Labute approximate surface area is 139 Å². The van der Waals surface area contributed by atoms with Crippen LogP contribution in [0.1, 0.15) is 18.4 Å². The number of para-hydroxylation sites is 2. The van der Waals surface area contributed by atoms with Crippen molar-refractivity contribution >= 4 is 33.8 Å². The Morgan fingerprint density at radius 1 is 1.22 bits per heavy atom. The fourth-order valence-corrected chi connectivity index (χ4v) is 2.44. The molecule has 0 bridgehead atoms. The molecule has 1 aromatic heterocycles. The normalized spacial score (nSPS) is 11.7. The molecule has 0 amide bonds. The molecule has 0 atom stereocenters. The highest BCUT2D eigenvalue weighted by molar-refractivity contribution is 6.50. The molecule has 118 valence electrons. The summed E-state index contributed by atoms with van der Waals surface area (Å²) < 4.78 is 16.5. The van der Waals surface area contributed by atoms with E-state index in [0.29, 0.717) is 34.6 Å². The number of ether oxygens (including phenoxy) is 2. The molecule has 0 fully saturated rings. The molecule has 23 heavy (non-hydrogen) atoms. The van der Waals surface area contributed by atoms with Gasteiger partial charge in [0.2, 0.25) is 5.89 Å². The van der Waals surface area contributed by atoms with Gasteiger partial charge in [-0.25, -0.2) is 4.98 Å². The van der Waals surface area contributed by atoms with Crippen molar-refractivity contribution in [3.05, 3.63) is 53.9 Å². The summed E-state index contributed by atoms with van der Waals surface area (Å²) >= 11 is 6.34. The Morgan fingerprint density at radius 3 is 2.78 bits per heavy atom. The highest BCUT2D eigenvalue weighted by atomic mass is 35.5. The van der Waals surface area contributed by atoms with Crippen LogP contribution in [0.15, 0.2) is 46.9 Å². The molecular formula is C18H16ClNO3. The zero-order valence-electron chi connectivity index (χ0n) is 12.9. The average Bonchev–Trinajstić information content (AvgIpc) is 3.00. The molecule has 3 rings (SSSR count). The molecule has 0 aliphatic rings. The summed E-state index contributed by atoms with van der Waals surface area (Å²) in [6.45, 7) is 2.51. The first-order valence-corrected chi connectivity index (χ1v) is 7.63. The largest absolute Gasteiger partial charge is 0.493 e. The van der Waals surface area contributed by atoms with E-state index in [-0.39, 0.29) is 0 Å². The minimum Gasteiger partial charge on any atom is -0.493 e. The maximum Gasteiger partial charge on any atom is 0.238 e. The van der Waals surface area contributed by atoms with Crippen molar-refractivity contribution in [2.75, 3.05) is 13.7 Å². The van der Waals surface area contributed by atoms with Gasteiger partial charge in [0, 0.05) is 0 Å². The van der Waals surface area contributed by atoms with E-state index in [1.54, 1.807) is 13.2 Å². The van der Waals surface area contributed by atoms with Crippen molar-refractivity contribution in [2.45, 2.75) is 6.92 Å². The molecule has 0 saturated carbocycles. The van der Waals surface area contributed by atoms with Gasteiger partial charge in [0.15, 0.2) is 17.1 Å². The number of nitrogens with zero attached hydrogens (tertiary/aromatic N) is 1. The van der Waals surface area contributed by atoms with Crippen molar-refractivity contribution in [2.24, 2.45) is 0 Å². The second kappa shape index (κ2) is 6.75. The summed E-state index contributed by atoms with van der Waals surface area (Å²) in [4.78, 5) is 4.38. The van der Waals surface area contributed by atoms with Gasteiger partial charge in [0.25, 0.3) is 0 Å². The Kier molecular flexibility index (Phi) is 4.53. The van der Waals surface area contributed by atoms with Gasteiger partial charge in [0.05, 0.1) is 13.7 Å². The van der Waals surface area contributed by atoms with Crippen molar-refractivity contribution in [1.82, 2.24) is 4.98 Å². The number of fused-ring (bicyclic) bond motifs is 1. The van der Waals surface area contributed by atoms with Gasteiger partial charge < -0.3 is 13.9 Å². The van der Waals surface area contributed by atoms with E-state index in [0.717, 1.165) is 11.1 Å². The Balaban J connectivity index is 1.93. The number of hydrogen-bond donors (Lipinski definition) is 0. The quantitative estimate of drug-likeness (QED) is 0.662. The van der Waals surface area contributed by atoms with Crippen LogP contribution in [0.4, 0.5) is 0 Å². The van der Waals surface area contributed by atoms with Crippen molar-refractivity contribution in [1.29, 1.82) is 0 Å². The molecule has 0 radical (unpaired) electrons. The lowest BCUT2D eigenvalue weighted by molar-refractivity contribution is 0.311. The van der Waals surface area contributed by atoms with Gasteiger partial charge >= 0.3 is 0 Å². The average molecular weight is 330 g/mol. The number of halogens is 1. The van der Waals surface area contributed by atoms with Gasteiger partial charge in [-0.1, -0.05) is 29.8 Å². The third-order valence-electron chi connectivity index (χ3n) is 3.28. The van der Waals surface area contributed by atoms with Crippen LogP contribution < -0.4 is 9.47 Å². The van der Waals surface area contributed by atoms with Gasteiger partial charge in [-0.3, -0.25) is 0 Å². The zero-order chi connectivity index (χ0) is 16.2. The third-order valence-corrected chi connectivity index (χ3v) is 3.55. The smallest absolute Gasteiger partial charge is 0.238 e. The lowest BCUT2D eigenvalue weighted by Crippen LogP contribution is -1.95. The monoisotopic (exact) mass is 329 g/mol. The molecule has 0 saturated heterocycles. The molecule has 0 aliphatic heterocycles. The van der Waals surface area contributed by atoms with Crippen molar-refractivity contribution in [3.63, 3.8) is 0 Å². The summed E-state index contributed by atoms with van der Waals surface area (Å²) in [5, 5.41) is 0.424. The van der Waals surface area contributed by atoms with E-state index in [2.05, 4.69) is 4.98 Å². The first-order chi connectivity index (χ1) is 11.2. The second-order valence-electron chi connectivity index (χ2n) is 4.82. The fourth-order valence-electron chi connectivity index (χ4n) is 2.23. The van der Waals surface area contributed by atoms with Crippen LogP contribution in [0.25, 0.3) is 22.2 Å². The van der Waals surface area contributed by atoms with Gasteiger partial charge in [0.1, 0.15) is 10.5 Å². The van der Waals surface area contributed by atoms with E-state index in [1.807, 2.05) is 49.4 Å². The number of hydrogen-bond acceptors (Lipinski definition) is 4. The summed E-state index contributed by atoms with van der Waals surface area (Å²) in [5.74, 6) is 1.74. The molecule has 4 nitrogen and oxygen atoms in total. The maximum absolute atomic E-state index is 6.34. The lowest BCUT2D eigenvalue weighted by atomic mass is 10.2. The predicted octanol–water partition coefficient (Wildman–Crippen LogP) is 4.97. The van der Waals surface area contributed by atoms with Crippen LogP contribution in [-0.2, 0) is 0 Å². The number of oxazole rings is 1.